The van der Waals surface area contributed by atoms with Gasteiger partial charge >= 0.3 is 6.03 Å². The Bertz CT molecular complexity index is 737. The highest BCUT2D eigenvalue weighted by molar-refractivity contribution is 9.10. The van der Waals surface area contributed by atoms with Crippen molar-refractivity contribution < 1.29 is 18.7 Å². The van der Waals surface area contributed by atoms with Gasteiger partial charge in [-0.05, 0) is 52.7 Å². The highest BCUT2D eigenvalue weighted by Crippen LogP contribution is 2.25. The third kappa shape index (κ3) is 5.07. The molecule has 2 N–H and O–H groups in total. The van der Waals surface area contributed by atoms with Gasteiger partial charge in [0, 0.05) is 0 Å². The molecule has 0 radical (unpaired) electrons. The summed E-state index contributed by atoms with van der Waals surface area (Å²) in [6.45, 7) is 1.58. The number of anilines is 1. The molecular formula is C16H14BrFN2O3. The first kappa shape index (κ1) is 17.0. The van der Waals surface area contributed by atoms with Crippen molar-refractivity contribution in [2.45, 2.75) is 6.92 Å². The summed E-state index contributed by atoms with van der Waals surface area (Å²) < 4.78 is 19.4. The molecule has 0 saturated carbocycles. The Morgan fingerprint density at radius 2 is 1.96 bits per heavy atom. The minimum Gasteiger partial charge on any atom is -0.483 e. The maximum Gasteiger partial charge on any atom is 0.326 e. The lowest BCUT2D eigenvalue weighted by atomic mass is 10.2. The molecule has 0 saturated heterocycles. The molecule has 0 aliphatic carbocycles. The van der Waals surface area contributed by atoms with E-state index in [0.29, 0.717) is 10.2 Å². The molecule has 0 unspecified atom stereocenters. The maximum absolute atomic E-state index is 13.4. The lowest BCUT2D eigenvalue weighted by molar-refractivity contribution is -0.121. The normalized spacial score (nSPS) is 10.0. The van der Waals surface area contributed by atoms with E-state index in [1.807, 2.05) is 19.1 Å². The van der Waals surface area contributed by atoms with Crippen LogP contribution in [0.2, 0.25) is 0 Å². The number of nitrogens with one attached hydrogen (secondary N) is 2. The summed E-state index contributed by atoms with van der Waals surface area (Å²) in [5, 5.41) is 4.31. The number of amides is 3. The molecule has 7 heteroatoms. The number of urea groups is 1. The Hall–Kier alpha value is -2.41. The van der Waals surface area contributed by atoms with Crippen LogP contribution in [0.1, 0.15) is 5.56 Å². The van der Waals surface area contributed by atoms with Crippen molar-refractivity contribution in [2.24, 2.45) is 0 Å². The Labute approximate surface area is 141 Å². The molecule has 120 valence electrons. The standard InChI is InChI=1S/C16H14BrFN2O3/c1-10-6-7-14(11(17)8-10)23-9-15(21)20-16(22)19-13-5-3-2-4-12(13)18/h2-8H,9H2,1H3,(H2,19,20,21,22). The number of halogens is 2. The fraction of sp³-hybridized carbons (Fsp3) is 0.125. The molecule has 0 fully saturated rings. The fourth-order valence-electron chi connectivity index (χ4n) is 1.75. The van der Waals surface area contributed by atoms with Crippen molar-refractivity contribution in [1.29, 1.82) is 0 Å². The fourth-order valence-corrected chi connectivity index (χ4v) is 2.35. The summed E-state index contributed by atoms with van der Waals surface area (Å²) in [5.41, 5.74) is 1.03. The Morgan fingerprint density at radius 3 is 2.65 bits per heavy atom. The van der Waals surface area contributed by atoms with Crippen LogP contribution in [-0.4, -0.2) is 18.5 Å². The van der Waals surface area contributed by atoms with Crippen LogP contribution in [-0.2, 0) is 4.79 Å². The van der Waals surface area contributed by atoms with E-state index in [0.717, 1.165) is 5.56 Å². The van der Waals surface area contributed by atoms with Crippen molar-refractivity contribution in [3.05, 3.63) is 58.3 Å². The number of hydrogen-bond acceptors (Lipinski definition) is 3. The van der Waals surface area contributed by atoms with Gasteiger partial charge in [-0.25, -0.2) is 9.18 Å². The number of rotatable bonds is 4. The molecule has 0 spiro atoms. The van der Waals surface area contributed by atoms with Crippen LogP contribution < -0.4 is 15.4 Å². The molecule has 0 atom stereocenters. The zero-order chi connectivity index (χ0) is 16.8. The molecule has 0 heterocycles. The smallest absolute Gasteiger partial charge is 0.326 e. The minimum atomic E-state index is -0.827. The Kier molecular flexibility index (Phi) is 5.70. The van der Waals surface area contributed by atoms with Gasteiger partial charge in [0.05, 0.1) is 10.2 Å². The number of imide groups is 1. The number of aryl methyl sites for hydroxylation is 1. The second-order valence-corrected chi connectivity index (χ2v) is 5.56. The summed E-state index contributed by atoms with van der Waals surface area (Å²) >= 11 is 3.32. The van der Waals surface area contributed by atoms with Gasteiger partial charge in [-0.15, -0.1) is 0 Å². The van der Waals surface area contributed by atoms with E-state index in [-0.39, 0.29) is 12.3 Å². The van der Waals surface area contributed by atoms with Gasteiger partial charge in [-0.2, -0.15) is 0 Å². The molecular weight excluding hydrogens is 367 g/mol. The van der Waals surface area contributed by atoms with E-state index in [1.165, 1.54) is 18.2 Å². The predicted molar refractivity (Wildman–Crippen MR) is 87.9 cm³/mol. The van der Waals surface area contributed by atoms with E-state index in [1.54, 1.807) is 12.1 Å². The first-order valence-electron chi connectivity index (χ1n) is 6.70. The number of benzene rings is 2. The molecule has 0 aromatic heterocycles. The SMILES string of the molecule is Cc1ccc(OCC(=O)NC(=O)Nc2ccccc2F)c(Br)c1. The number of hydrogen-bond donors (Lipinski definition) is 2. The Balaban J connectivity index is 1.85. The molecule has 2 aromatic carbocycles. The zero-order valence-corrected chi connectivity index (χ0v) is 13.8. The highest BCUT2D eigenvalue weighted by Gasteiger charge is 2.11. The van der Waals surface area contributed by atoms with Crippen LogP contribution in [0.4, 0.5) is 14.9 Å². The van der Waals surface area contributed by atoms with Crippen molar-refractivity contribution in [2.75, 3.05) is 11.9 Å². The molecule has 5 nitrogen and oxygen atoms in total. The van der Waals surface area contributed by atoms with E-state index in [9.17, 15) is 14.0 Å². The van der Waals surface area contributed by atoms with Crippen LogP contribution in [0.5, 0.6) is 5.75 Å². The summed E-state index contributed by atoms with van der Waals surface area (Å²) in [6, 6.07) is 10.2. The van der Waals surface area contributed by atoms with Crippen LogP contribution >= 0.6 is 15.9 Å². The van der Waals surface area contributed by atoms with Gasteiger partial charge in [-0.1, -0.05) is 18.2 Å². The molecule has 0 aliphatic rings. The van der Waals surface area contributed by atoms with Crippen molar-refractivity contribution in [3.8, 4) is 5.75 Å². The number of para-hydroxylation sites is 1. The van der Waals surface area contributed by atoms with E-state index >= 15 is 0 Å². The zero-order valence-electron chi connectivity index (χ0n) is 12.2. The van der Waals surface area contributed by atoms with Gasteiger partial charge in [-0.3, -0.25) is 10.1 Å². The third-order valence-electron chi connectivity index (χ3n) is 2.82. The number of ether oxygens (including phenoxy) is 1. The van der Waals surface area contributed by atoms with E-state index in [2.05, 4.69) is 26.6 Å². The third-order valence-corrected chi connectivity index (χ3v) is 3.44. The second-order valence-electron chi connectivity index (χ2n) is 4.70. The first-order chi connectivity index (χ1) is 11.0. The lowest BCUT2D eigenvalue weighted by Gasteiger charge is -2.10. The molecule has 0 aliphatic heterocycles. The molecule has 2 rings (SSSR count). The largest absolute Gasteiger partial charge is 0.483 e. The number of carbonyl (C=O) groups is 2. The van der Waals surface area contributed by atoms with Gasteiger partial charge in [0.1, 0.15) is 11.6 Å². The lowest BCUT2D eigenvalue weighted by Crippen LogP contribution is -2.37. The first-order valence-corrected chi connectivity index (χ1v) is 7.49. The van der Waals surface area contributed by atoms with E-state index in [4.69, 9.17) is 4.74 Å². The molecule has 0 bridgehead atoms. The van der Waals surface area contributed by atoms with Crippen molar-refractivity contribution in [1.82, 2.24) is 5.32 Å². The topological polar surface area (TPSA) is 67.4 Å². The summed E-state index contributed by atoms with van der Waals surface area (Å²) in [7, 11) is 0. The van der Waals surface area contributed by atoms with Gasteiger partial charge in [0.2, 0.25) is 0 Å². The monoisotopic (exact) mass is 380 g/mol. The van der Waals surface area contributed by atoms with Crippen LogP contribution in [0, 0.1) is 12.7 Å². The summed E-state index contributed by atoms with van der Waals surface area (Å²) in [5.74, 6) is -0.749. The second kappa shape index (κ2) is 7.73. The number of carbonyl (C=O) groups excluding carboxylic acids is 2. The summed E-state index contributed by atoms with van der Waals surface area (Å²) in [4.78, 5) is 23.3. The average molecular weight is 381 g/mol. The molecule has 3 amide bonds. The quantitative estimate of drug-likeness (QED) is 0.850. The van der Waals surface area contributed by atoms with Gasteiger partial charge < -0.3 is 10.1 Å². The average Bonchev–Trinajstić information content (AvgIpc) is 2.48. The highest BCUT2D eigenvalue weighted by atomic mass is 79.9. The van der Waals surface area contributed by atoms with Crippen LogP contribution in [0.3, 0.4) is 0 Å². The summed E-state index contributed by atoms with van der Waals surface area (Å²) in [6.07, 6.45) is 0. The van der Waals surface area contributed by atoms with Crippen LogP contribution in [0.25, 0.3) is 0 Å². The maximum atomic E-state index is 13.4. The van der Waals surface area contributed by atoms with Crippen molar-refractivity contribution in [3.63, 3.8) is 0 Å². The molecule has 2 aromatic rings. The minimum absolute atomic E-state index is 0.0139. The van der Waals surface area contributed by atoms with Gasteiger partial charge in [0.15, 0.2) is 6.61 Å². The van der Waals surface area contributed by atoms with Crippen LogP contribution in [0.15, 0.2) is 46.9 Å². The predicted octanol–water partition coefficient (Wildman–Crippen LogP) is 3.62. The Morgan fingerprint density at radius 1 is 1.22 bits per heavy atom. The van der Waals surface area contributed by atoms with Gasteiger partial charge in [0.25, 0.3) is 5.91 Å². The molecule has 23 heavy (non-hydrogen) atoms. The van der Waals surface area contributed by atoms with Crippen molar-refractivity contribution >= 4 is 33.6 Å². The van der Waals surface area contributed by atoms with E-state index < -0.39 is 17.8 Å².